The van der Waals surface area contributed by atoms with E-state index < -0.39 is 12.6 Å². The third-order valence-corrected chi connectivity index (χ3v) is 5.50. The lowest BCUT2D eigenvalue weighted by Crippen LogP contribution is -2.34. The molecule has 158 valence electrons. The topological polar surface area (TPSA) is 82.1 Å². The molecule has 1 aliphatic rings. The number of benzene rings is 2. The normalized spacial score (nSPS) is 12.1. The fraction of sp³-hybridized carbons (Fsp3) is 0.174. The molecule has 0 N–H and O–H groups in total. The summed E-state index contributed by atoms with van der Waals surface area (Å²) in [6.07, 6.45) is 0.689. The summed E-state index contributed by atoms with van der Waals surface area (Å²) in [7, 11) is 0. The first kappa shape index (κ1) is 20.6. The van der Waals surface area contributed by atoms with Crippen LogP contribution in [0.15, 0.2) is 60.0 Å². The van der Waals surface area contributed by atoms with E-state index in [2.05, 4.69) is 0 Å². The van der Waals surface area contributed by atoms with Crippen molar-refractivity contribution in [1.82, 2.24) is 0 Å². The fourth-order valence-electron chi connectivity index (χ4n) is 3.07. The zero-order chi connectivity index (χ0) is 21.6. The largest absolute Gasteiger partial charge is 0.486 e. The van der Waals surface area contributed by atoms with Crippen LogP contribution in [-0.2, 0) is 16.1 Å². The first-order chi connectivity index (χ1) is 15.1. The van der Waals surface area contributed by atoms with Gasteiger partial charge >= 0.3 is 5.97 Å². The van der Waals surface area contributed by atoms with Crippen molar-refractivity contribution >= 4 is 35.2 Å². The quantitative estimate of drug-likeness (QED) is 0.414. The van der Waals surface area contributed by atoms with E-state index in [1.165, 1.54) is 35.6 Å². The second-order valence-corrected chi connectivity index (χ2v) is 7.74. The number of aldehydes is 1. The number of hydrogen-bond acceptors (Lipinski definition) is 7. The number of thiophene rings is 1. The van der Waals surface area contributed by atoms with Crippen LogP contribution in [0.5, 0.6) is 11.5 Å². The number of fused-ring (bicyclic) bond motifs is 1. The molecule has 0 unspecified atom stereocenters. The predicted molar refractivity (Wildman–Crippen MR) is 115 cm³/mol. The third-order valence-electron chi connectivity index (χ3n) is 4.64. The van der Waals surface area contributed by atoms with Crippen LogP contribution < -0.4 is 14.4 Å². The summed E-state index contributed by atoms with van der Waals surface area (Å²) in [6, 6.07) is 15.1. The van der Waals surface area contributed by atoms with Crippen molar-refractivity contribution in [1.29, 1.82) is 0 Å². The summed E-state index contributed by atoms with van der Waals surface area (Å²) in [5.41, 5.74) is 1.34. The zero-order valence-electron chi connectivity index (χ0n) is 16.5. The van der Waals surface area contributed by atoms with E-state index in [4.69, 9.17) is 14.2 Å². The standard InChI is InChI=1S/C23H19NO6S/c25-14-16-3-5-17(6-4-16)23(27)30-15-22(26)24(13-19-2-1-11-31-19)18-7-8-20-21(12-18)29-10-9-28-20/h1-8,11-12,14H,9-10,13,15H2. The molecule has 2 heterocycles. The van der Waals surface area contributed by atoms with Gasteiger partial charge in [-0.05, 0) is 35.7 Å². The molecule has 1 aromatic heterocycles. The van der Waals surface area contributed by atoms with Crippen molar-refractivity contribution < 1.29 is 28.6 Å². The van der Waals surface area contributed by atoms with E-state index in [0.717, 1.165) is 4.88 Å². The lowest BCUT2D eigenvalue weighted by molar-refractivity contribution is -0.121. The molecule has 0 saturated heterocycles. The number of esters is 1. The number of ether oxygens (including phenoxy) is 3. The molecule has 0 radical (unpaired) electrons. The van der Waals surface area contributed by atoms with E-state index >= 15 is 0 Å². The van der Waals surface area contributed by atoms with Gasteiger partial charge in [0.15, 0.2) is 18.1 Å². The number of hydrogen-bond donors (Lipinski definition) is 0. The van der Waals surface area contributed by atoms with Gasteiger partial charge in [-0.25, -0.2) is 4.79 Å². The van der Waals surface area contributed by atoms with E-state index in [-0.39, 0.29) is 11.5 Å². The Morgan fingerprint density at radius 3 is 2.52 bits per heavy atom. The van der Waals surface area contributed by atoms with Gasteiger partial charge in [-0.1, -0.05) is 18.2 Å². The third kappa shape index (κ3) is 4.92. The molecule has 7 nitrogen and oxygen atoms in total. The van der Waals surface area contributed by atoms with Crippen molar-refractivity contribution in [3.05, 3.63) is 76.0 Å². The Hall–Kier alpha value is -3.65. The van der Waals surface area contributed by atoms with Gasteiger partial charge < -0.3 is 19.1 Å². The molecular weight excluding hydrogens is 418 g/mol. The maximum atomic E-state index is 13.0. The fourth-order valence-corrected chi connectivity index (χ4v) is 3.76. The van der Waals surface area contributed by atoms with Gasteiger partial charge in [0.2, 0.25) is 0 Å². The first-order valence-corrected chi connectivity index (χ1v) is 10.5. The molecule has 1 amide bonds. The highest BCUT2D eigenvalue weighted by Crippen LogP contribution is 2.34. The monoisotopic (exact) mass is 437 g/mol. The smallest absolute Gasteiger partial charge is 0.338 e. The van der Waals surface area contributed by atoms with Gasteiger partial charge in [0.05, 0.1) is 12.1 Å². The van der Waals surface area contributed by atoms with E-state index in [1.54, 1.807) is 23.1 Å². The van der Waals surface area contributed by atoms with Crippen LogP contribution in [0.4, 0.5) is 5.69 Å². The Morgan fingerprint density at radius 1 is 1.03 bits per heavy atom. The van der Waals surface area contributed by atoms with Gasteiger partial charge in [-0.15, -0.1) is 11.3 Å². The SMILES string of the molecule is O=Cc1ccc(C(=O)OCC(=O)N(Cc2cccs2)c2ccc3c(c2)OCCO3)cc1. The maximum absolute atomic E-state index is 13.0. The molecular formula is C23H19NO6S. The number of anilines is 1. The van der Waals surface area contributed by atoms with Crippen LogP contribution in [-0.4, -0.2) is 38.0 Å². The van der Waals surface area contributed by atoms with Crippen LogP contribution in [0.1, 0.15) is 25.6 Å². The number of nitrogens with zero attached hydrogens (tertiary/aromatic N) is 1. The summed E-state index contributed by atoms with van der Waals surface area (Å²) in [5, 5.41) is 1.94. The number of rotatable bonds is 7. The molecule has 2 aromatic carbocycles. The van der Waals surface area contributed by atoms with Crippen molar-refractivity contribution in [2.24, 2.45) is 0 Å². The van der Waals surface area contributed by atoms with Gasteiger partial charge in [0.25, 0.3) is 5.91 Å². The minimum Gasteiger partial charge on any atom is -0.486 e. The molecule has 0 spiro atoms. The molecule has 0 saturated carbocycles. The molecule has 4 rings (SSSR count). The van der Waals surface area contributed by atoms with Crippen molar-refractivity contribution in [2.75, 3.05) is 24.7 Å². The van der Waals surface area contributed by atoms with E-state index in [9.17, 15) is 14.4 Å². The Balaban J connectivity index is 1.50. The second kappa shape index (κ2) is 9.44. The van der Waals surface area contributed by atoms with Crippen LogP contribution in [0, 0.1) is 0 Å². The Labute approximate surface area is 182 Å². The van der Waals surface area contributed by atoms with E-state index in [0.29, 0.717) is 48.8 Å². The zero-order valence-corrected chi connectivity index (χ0v) is 17.3. The van der Waals surface area contributed by atoms with Crippen LogP contribution in [0.25, 0.3) is 0 Å². The van der Waals surface area contributed by atoms with E-state index in [1.807, 2.05) is 17.5 Å². The van der Waals surface area contributed by atoms with Crippen LogP contribution >= 0.6 is 11.3 Å². The average Bonchev–Trinajstić information content (AvgIpc) is 3.34. The van der Waals surface area contributed by atoms with Gasteiger partial charge in [0, 0.05) is 22.2 Å². The number of carbonyl (C=O) groups excluding carboxylic acids is 3. The summed E-state index contributed by atoms with van der Waals surface area (Å²) >= 11 is 1.53. The maximum Gasteiger partial charge on any atom is 0.338 e. The average molecular weight is 437 g/mol. The van der Waals surface area contributed by atoms with Crippen molar-refractivity contribution in [3.63, 3.8) is 0 Å². The Bertz CT molecular complexity index is 1080. The molecule has 31 heavy (non-hydrogen) atoms. The van der Waals surface area contributed by atoms with Gasteiger partial charge in [0.1, 0.15) is 19.5 Å². The second-order valence-electron chi connectivity index (χ2n) is 6.70. The number of carbonyl (C=O) groups is 3. The molecule has 3 aromatic rings. The highest BCUT2D eigenvalue weighted by Gasteiger charge is 2.22. The predicted octanol–water partition coefficient (Wildman–Crippen LogP) is 3.72. The summed E-state index contributed by atoms with van der Waals surface area (Å²) in [6.45, 7) is 0.833. The number of amides is 1. The highest BCUT2D eigenvalue weighted by molar-refractivity contribution is 7.09. The lowest BCUT2D eigenvalue weighted by atomic mass is 10.1. The lowest BCUT2D eigenvalue weighted by Gasteiger charge is -2.25. The first-order valence-electron chi connectivity index (χ1n) is 9.59. The Kier molecular flexibility index (Phi) is 6.28. The summed E-state index contributed by atoms with van der Waals surface area (Å²) in [4.78, 5) is 38.6. The summed E-state index contributed by atoms with van der Waals surface area (Å²) < 4.78 is 16.4. The van der Waals surface area contributed by atoms with Crippen molar-refractivity contribution in [2.45, 2.75) is 6.54 Å². The minimum atomic E-state index is -0.635. The summed E-state index contributed by atoms with van der Waals surface area (Å²) in [5.74, 6) is 0.190. The van der Waals surface area contributed by atoms with Crippen LogP contribution in [0.3, 0.4) is 0 Å². The molecule has 0 atom stereocenters. The molecule has 0 bridgehead atoms. The molecule has 1 aliphatic heterocycles. The molecule has 8 heteroatoms. The Morgan fingerprint density at radius 2 is 1.81 bits per heavy atom. The van der Waals surface area contributed by atoms with Gasteiger partial charge in [-0.3, -0.25) is 9.59 Å². The minimum absolute atomic E-state index is 0.266. The van der Waals surface area contributed by atoms with Crippen molar-refractivity contribution in [3.8, 4) is 11.5 Å². The molecule has 0 fully saturated rings. The van der Waals surface area contributed by atoms with Crippen LogP contribution in [0.2, 0.25) is 0 Å². The van der Waals surface area contributed by atoms with Gasteiger partial charge in [-0.2, -0.15) is 0 Å². The highest BCUT2D eigenvalue weighted by atomic mass is 32.1. The molecule has 0 aliphatic carbocycles.